The lowest BCUT2D eigenvalue weighted by Crippen LogP contribution is -2.06. The number of nitrogens with zero attached hydrogens (tertiary/aromatic N) is 1. The molecule has 0 radical (unpaired) electrons. The molecule has 1 aromatic heterocycles. The minimum atomic E-state index is -4.44. The molecule has 1 heterocycles. The third-order valence-electron chi connectivity index (χ3n) is 2.82. The van der Waals surface area contributed by atoms with Crippen LogP contribution in [-0.2, 0) is 6.18 Å². The van der Waals surface area contributed by atoms with Crippen molar-refractivity contribution in [2.24, 2.45) is 0 Å². The van der Waals surface area contributed by atoms with E-state index in [1.807, 2.05) is 0 Å². The first-order valence-corrected chi connectivity index (χ1v) is 5.91. The Morgan fingerprint density at radius 1 is 1.24 bits per heavy atom. The molecule has 2 rings (SSSR count). The molecule has 4 nitrogen and oxygen atoms in total. The molecule has 0 aliphatic rings. The van der Waals surface area contributed by atoms with Crippen molar-refractivity contribution in [2.75, 3.05) is 5.32 Å². The van der Waals surface area contributed by atoms with Gasteiger partial charge in [-0.05, 0) is 36.8 Å². The summed E-state index contributed by atoms with van der Waals surface area (Å²) in [4.78, 5) is 14.5. The molecule has 1 aromatic carbocycles. The SMILES string of the molecule is Cc1ccc(C(F)(F)F)cc1Nc1ccnc(C(=O)O)c1. The predicted octanol–water partition coefficient (Wildman–Crippen LogP) is 3.85. The van der Waals surface area contributed by atoms with E-state index in [0.29, 0.717) is 11.3 Å². The highest BCUT2D eigenvalue weighted by Crippen LogP contribution is 2.33. The molecule has 0 atom stereocenters. The second-order valence-electron chi connectivity index (χ2n) is 4.39. The quantitative estimate of drug-likeness (QED) is 0.903. The summed E-state index contributed by atoms with van der Waals surface area (Å²) in [6.07, 6.45) is -3.16. The maximum absolute atomic E-state index is 12.7. The highest BCUT2D eigenvalue weighted by Gasteiger charge is 2.30. The molecule has 110 valence electrons. The second-order valence-corrected chi connectivity index (χ2v) is 4.39. The number of benzene rings is 1. The van der Waals surface area contributed by atoms with Crippen LogP contribution in [0.3, 0.4) is 0 Å². The summed E-state index contributed by atoms with van der Waals surface area (Å²) in [5, 5.41) is 11.6. The van der Waals surface area contributed by atoms with Crippen molar-refractivity contribution in [1.29, 1.82) is 0 Å². The van der Waals surface area contributed by atoms with E-state index in [9.17, 15) is 18.0 Å². The molecule has 0 saturated carbocycles. The number of carboxylic acid groups (broad SMARTS) is 1. The number of carbonyl (C=O) groups is 1. The van der Waals surface area contributed by atoms with Crippen LogP contribution in [0, 0.1) is 6.92 Å². The lowest BCUT2D eigenvalue weighted by molar-refractivity contribution is -0.137. The summed E-state index contributed by atoms with van der Waals surface area (Å²) in [6.45, 7) is 1.65. The summed E-state index contributed by atoms with van der Waals surface area (Å²) in [7, 11) is 0. The van der Waals surface area contributed by atoms with E-state index in [1.165, 1.54) is 24.4 Å². The number of alkyl halides is 3. The van der Waals surface area contributed by atoms with Gasteiger partial charge in [0.2, 0.25) is 0 Å². The Kier molecular flexibility index (Phi) is 3.84. The van der Waals surface area contributed by atoms with Crippen molar-refractivity contribution < 1.29 is 23.1 Å². The first-order chi connectivity index (χ1) is 9.77. The van der Waals surface area contributed by atoms with Crippen LogP contribution in [0.1, 0.15) is 21.6 Å². The first kappa shape index (κ1) is 14.8. The Morgan fingerprint density at radius 3 is 2.57 bits per heavy atom. The number of rotatable bonds is 3. The van der Waals surface area contributed by atoms with Crippen LogP contribution in [0.15, 0.2) is 36.5 Å². The lowest BCUT2D eigenvalue weighted by atomic mass is 10.1. The number of hydrogen-bond acceptors (Lipinski definition) is 3. The molecule has 2 aromatic rings. The fourth-order valence-corrected chi connectivity index (χ4v) is 1.71. The zero-order valence-electron chi connectivity index (χ0n) is 10.9. The zero-order chi connectivity index (χ0) is 15.6. The fourth-order valence-electron chi connectivity index (χ4n) is 1.71. The minimum Gasteiger partial charge on any atom is -0.477 e. The zero-order valence-corrected chi connectivity index (χ0v) is 10.9. The largest absolute Gasteiger partial charge is 0.477 e. The smallest absolute Gasteiger partial charge is 0.416 e. The van der Waals surface area contributed by atoms with E-state index in [4.69, 9.17) is 5.11 Å². The number of pyridine rings is 1. The third kappa shape index (κ3) is 3.50. The number of aromatic nitrogens is 1. The molecule has 0 spiro atoms. The molecule has 7 heteroatoms. The average molecular weight is 296 g/mol. The number of nitrogens with one attached hydrogen (secondary N) is 1. The molecular formula is C14H11F3N2O2. The Balaban J connectivity index is 2.35. The van der Waals surface area contributed by atoms with Gasteiger partial charge in [0.15, 0.2) is 0 Å². The van der Waals surface area contributed by atoms with E-state index in [2.05, 4.69) is 10.3 Å². The average Bonchev–Trinajstić information content (AvgIpc) is 2.40. The maximum atomic E-state index is 12.7. The van der Waals surface area contributed by atoms with E-state index in [1.54, 1.807) is 6.92 Å². The van der Waals surface area contributed by atoms with Crippen LogP contribution in [0.5, 0.6) is 0 Å². The normalized spacial score (nSPS) is 11.2. The van der Waals surface area contributed by atoms with E-state index < -0.39 is 17.7 Å². The number of carboxylic acids is 1. The van der Waals surface area contributed by atoms with Crippen molar-refractivity contribution in [2.45, 2.75) is 13.1 Å². The van der Waals surface area contributed by atoms with Crippen LogP contribution in [0.4, 0.5) is 24.5 Å². The van der Waals surface area contributed by atoms with E-state index >= 15 is 0 Å². The van der Waals surface area contributed by atoms with Gasteiger partial charge in [0.25, 0.3) is 0 Å². The van der Waals surface area contributed by atoms with Gasteiger partial charge in [-0.3, -0.25) is 0 Å². The van der Waals surface area contributed by atoms with Crippen LogP contribution in [-0.4, -0.2) is 16.1 Å². The Morgan fingerprint density at radius 2 is 1.95 bits per heavy atom. The van der Waals surface area contributed by atoms with Crippen molar-refractivity contribution >= 4 is 17.3 Å². The van der Waals surface area contributed by atoms with Crippen molar-refractivity contribution in [3.05, 3.63) is 53.3 Å². The van der Waals surface area contributed by atoms with Gasteiger partial charge in [0.05, 0.1) is 5.56 Å². The van der Waals surface area contributed by atoms with E-state index in [-0.39, 0.29) is 11.4 Å². The summed E-state index contributed by atoms with van der Waals surface area (Å²) >= 11 is 0. The fraction of sp³-hybridized carbons (Fsp3) is 0.143. The number of hydrogen-bond donors (Lipinski definition) is 2. The van der Waals surface area contributed by atoms with Gasteiger partial charge in [-0.2, -0.15) is 13.2 Å². The Bertz CT molecular complexity index is 684. The highest BCUT2D eigenvalue weighted by molar-refractivity contribution is 5.86. The van der Waals surface area contributed by atoms with Crippen molar-refractivity contribution in [3.63, 3.8) is 0 Å². The predicted molar refractivity (Wildman–Crippen MR) is 70.7 cm³/mol. The highest BCUT2D eigenvalue weighted by atomic mass is 19.4. The second kappa shape index (κ2) is 5.43. The molecule has 2 N–H and O–H groups in total. The van der Waals surface area contributed by atoms with Crippen LogP contribution in [0.25, 0.3) is 0 Å². The van der Waals surface area contributed by atoms with Gasteiger partial charge in [-0.1, -0.05) is 6.07 Å². The molecule has 0 unspecified atom stereocenters. The van der Waals surface area contributed by atoms with Gasteiger partial charge >= 0.3 is 12.1 Å². The maximum Gasteiger partial charge on any atom is 0.416 e. The van der Waals surface area contributed by atoms with Gasteiger partial charge in [0.1, 0.15) is 5.69 Å². The Labute approximate surface area is 118 Å². The number of halogens is 3. The van der Waals surface area contributed by atoms with Crippen molar-refractivity contribution in [3.8, 4) is 0 Å². The Hall–Kier alpha value is -2.57. The molecule has 0 bridgehead atoms. The summed E-state index contributed by atoms with van der Waals surface area (Å²) in [5.74, 6) is -1.21. The van der Waals surface area contributed by atoms with Crippen molar-refractivity contribution in [1.82, 2.24) is 4.98 Å². The first-order valence-electron chi connectivity index (χ1n) is 5.91. The van der Waals surface area contributed by atoms with Crippen LogP contribution >= 0.6 is 0 Å². The van der Waals surface area contributed by atoms with Crippen LogP contribution < -0.4 is 5.32 Å². The topological polar surface area (TPSA) is 62.2 Å². The lowest BCUT2D eigenvalue weighted by Gasteiger charge is -2.13. The number of anilines is 2. The number of aromatic carboxylic acids is 1. The molecule has 0 aliphatic heterocycles. The number of aryl methyl sites for hydroxylation is 1. The van der Waals surface area contributed by atoms with Gasteiger partial charge in [0, 0.05) is 17.6 Å². The molecule has 0 aliphatic carbocycles. The van der Waals surface area contributed by atoms with Gasteiger partial charge < -0.3 is 10.4 Å². The molecule has 0 amide bonds. The van der Waals surface area contributed by atoms with Crippen LogP contribution in [0.2, 0.25) is 0 Å². The minimum absolute atomic E-state index is 0.190. The summed E-state index contributed by atoms with van der Waals surface area (Å²) < 4.78 is 38.1. The molecule has 0 fully saturated rings. The standard InChI is InChI=1S/C14H11F3N2O2/c1-8-2-3-9(14(15,16)17)6-11(8)19-10-4-5-18-12(7-10)13(20)21/h2-7H,1H3,(H,18,19)(H,20,21). The third-order valence-corrected chi connectivity index (χ3v) is 2.82. The molecule has 0 saturated heterocycles. The monoisotopic (exact) mass is 296 g/mol. The summed E-state index contributed by atoms with van der Waals surface area (Å²) in [6, 6.07) is 6.06. The molecular weight excluding hydrogens is 285 g/mol. The summed E-state index contributed by atoms with van der Waals surface area (Å²) in [5.41, 5.74) is 0.251. The van der Waals surface area contributed by atoms with E-state index in [0.717, 1.165) is 12.1 Å². The molecule has 21 heavy (non-hydrogen) atoms. The van der Waals surface area contributed by atoms with Gasteiger partial charge in [-0.15, -0.1) is 0 Å². The van der Waals surface area contributed by atoms with Gasteiger partial charge in [-0.25, -0.2) is 9.78 Å².